The maximum atomic E-state index is 12.9. The lowest BCUT2D eigenvalue weighted by molar-refractivity contribution is -0.232. The lowest BCUT2D eigenvalue weighted by Gasteiger charge is -2.58. The third-order valence-corrected chi connectivity index (χ3v) is 9.24. The van der Waals surface area contributed by atoms with Crippen molar-refractivity contribution in [2.45, 2.75) is 89.5 Å². The molecule has 3 fully saturated rings. The van der Waals surface area contributed by atoms with Crippen LogP contribution in [0.3, 0.4) is 0 Å². The summed E-state index contributed by atoms with van der Waals surface area (Å²) >= 11 is 0. The van der Waals surface area contributed by atoms with E-state index in [4.69, 9.17) is 23.7 Å². The minimum Gasteiger partial charge on any atom is -0.462 e. The van der Waals surface area contributed by atoms with Gasteiger partial charge in [-0.25, -0.2) is 9.59 Å². The number of cyclic esters (lactones) is 1. The summed E-state index contributed by atoms with van der Waals surface area (Å²) < 4.78 is 30.6. The molecule has 0 aromatic rings. The Morgan fingerprint density at radius 2 is 1.84 bits per heavy atom. The summed E-state index contributed by atoms with van der Waals surface area (Å²) in [6.45, 7) is 8.73. The summed E-state index contributed by atoms with van der Waals surface area (Å²) in [5, 5.41) is 10.0. The molecule has 37 heavy (non-hydrogen) atoms. The van der Waals surface area contributed by atoms with Crippen molar-refractivity contribution < 1.29 is 38.4 Å². The van der Waals surface area contributed by atoms with Crippen molar-refractivity contribution in [3.8, 4) is 0 Å². The van der Waals surface area contributed by atoms with E-state index in [1.54, 1.807) is 25.2 Å². The predicted molar refractivity (Wildman–Crippen MR) is 134 cm³/mol. The molecular formula is C29H38O8. The Balaban J connectivity index is 1.51. The quantitative estimate of drug-likeness (QED) is 0.323. The van der Waals surface area contributed by atoms with Gasteiger partial charge in [0.15, 0.2) is 0 Å². The molecule has 2 aliphatic carbocycles. The highest BCUT2D eigenvalue weighted by Crippen LogP contribution is 2.72. The maximum Gasteiger partial charge on any atom is 0.331 e. The van der Waals surface area contributed by atoms with E-state index < -0.39 is 46.7 Å². The SMILES string of the molecule is CC1=CC2OC3CC4OC(=O)/C=C/C=C/C(C(C)O)OCC/C(C)=C/C(=O)OCC2(CC1)C4(C)C31CO1. The van der Waals surface area contributed by atoms with Crippen molar-refractivity contribution >= 4 is 11.9 Å². The van der Waals surface area contributed by atoms with Gasteiger partial charge in [0.25, 0.3) is 0 Å². The molecular weight excluding hydrogens is 476 g/mol. The van der Waals surface area contributed by atoms with Crippen molar-refractivity contribution in [2.24, 2.45) is 10.8 Å². The van der Waals surface area contributed by atoms with Gasteiger partial charge in [-0.15, -0.1) is 0 Å². The lowest BCUT2D eigenvalue weighted by Crippen LogP contribution is -2.66. The maximum absolute atomic E-state index is 12.9. The molecule has 8 heteroatoms. The number of carbonyl (C=O) groups excluding carboxylic acids is 2. The van der Waals surface area contributed by atoms with Crippen LogP contribution in [0.4, 0.5) is 0 Å². The third-order valence-electron chi connectivity index (χ3n) is 9.24. The lowest BCUT2D eigenvalue weighted by atomic mass is 9.51. The van der Waals surface area contributed by atoms with Crippen LogP contribution >= 0.6 is 0 Å². The topological polar surface area (TPSA) is 104 Å². The van der Waals surface area contributed by atoms with Crippen LogP contribution in [0, 0.1) is 10.8 Å². The molecule has 202 valence electrons. The van der Waals surface area contributed by atoms with Gasteiger partial charge in [0, 0.05) is 24.0 Å². The van der Waals surface area contributed by atoms with Crippen LogP contribution in [0.2, 0.25) is 0 Å². The molecule has 5 rings (SSSR count). The van der Waals surface area contributed by atoms with Crippen molar-refractivity contribution in [3.05, 3.63) is 47.6 Å². The van der Waals surface area contributed by atoms with Gasteiger partial charge in [-0.3, -0.25) is 0 Å². The van der Waals surface area contributed by atoms with Crippen LogP contribution < -0.4 is 0 Å². The highest BCUT2D eigenvalue weighted by molar-refractivity contribution is 5.83. The molecule has 8 atom stereocenters. The molecule has 2 bridgehead atoms. The van der Waals surface area contributed by atoms with Crippen molar-refractivity contribution in [2.75, 3.05) is 19.8 Å². The van der Waals surface area contributed by atoms with E-state index in [9.17, 15) is 14.7 Å². The number of ether oxygens (including phenoxy) is 5. The fourth-order valence-electron chi connectivity index (χ4n) is 6.85. The molecule has 8 nitrogen and oxygen atoms in total. The molecule has 3 aliphatic heterocycles. The van der Waals surface area contributed by atoms with Crippen molar-refractivity contribution in [1.29, 1.82) is 0 Å². The van der Waals surface area contributed by atoms with Crippen LogP contribution in [-0.2, 0) is 33.3 Å². The van der Waals surface area contributed by atoms with E-state index in [-0.39, 0.29) is 18.8 Å². The number of epoxide rings is 1. The van der Waals surface area contributed by atoms with E-state index >= 15 is 0 Å². The smallest absolute Gasteiger partial charge is 0.331 e. The Labute approximate surface area is 218 Å². The number of carbonyl (C=O) groups is 2. The summed E-state index contributed by atoms with van der Waals surface area (Å²) in [6, 6.07) is 0. The number of allylic oxidation sites excluding steroid dienone is 3. The Morgan fingerprint density at radius 3 is 2.57 bits per heavy atom. The van der Waals surface area contributed by atoms with Gasteiger partial charge in [-0.05, 0) is 40.0 Å². The summed E-state index contributed by atoms with van der Waals surface area (Å²) in [6.07, 6.45) is 10.5. The zero-order valence-electron chi connectivity index (χ0n) is 22.1. The summed E-state index contributed by atoms with van der Waals surface area (Å²) in [7, 11) is 0. The summed E-state index contributed by atoms with van der Waals surface area (Å²) in [4.78, 5) is 25.9. The molecule has 0 aromatic carbocycles. The molecule has 0 aromatic heterocycles. The first-order valence-electron chi connectivity index (χ1n) is 13.3. The molecule has 1 saturated carbocycles. The summed E-state index contributed by atoms with van der Waals surface area (Å²) in [5.41, 5.74) is 0.318. The van der Waals surface area contributed by atoms with Crippen LogP contribution in [0.1, 0.15) is 53.4 Å². The Morgan fingerprint density at radius 1 is 1.05 bits per heavy atom. The molecule has 5 aliphatic rings. The standard InChI is InChI=1S/C29H38O8/c1-18-9-11-28-16-34-26(32)14-19(2)10-12-33-21(20(3)30)7-5-6-8-25(31)37-22-15-24(36-23(28)13-18)29(17-35-29)27(22,28)4/h5-8,13-14,20-24,30H,9-12,15-17H2,1-4H3/b7-5+,8-6+,19-14+. The Kier molecular flexibility index (Phi) is 6.98. The highest BCUT2D eigenvalue weighted by Gasteiger charge is 2.83. The first-order valence-corrected chi connectivity index (χ1v) is 13.3. The second-order valence-corrected chi connectivity index (χ2v) is 11.4. The largest absolute Gasteiger partial charge is 0.462 e. The van der Waals surface area contributed by atoms with Crippen LogP contribution in [0.5, 0.6) is 0 Å². The second kappa shape index (κ2) is 9.80. The van der Waals surface area contributed by atoms with Gasteiger partial charge in [0.05, 0.1) is 36.9 Å². The van der Waals surface area contributed by atoms with E-state index in [0.717, 1.165) is 18.4 Å². The first kappa shape index (κ1) is 26.4. The van der Waals surface area contributed by atoms with E-state index in [1.807, 2.05) is 6.92 Å². The van der Waals surface area contributed by atoms with Gasteiger partial charge in [0.1, 0.15) is 24.4 Å². The van der Waals surface area contributed by atoms with Crippen LogP contribution in [0.15, 0.2) is 47.6 Å². The van der Waals surface area contributed by atoms with Gasteiger partial charge in [-0.1, -0.05) is 42.4 Å². The number of rotatable bonds is 1. The zero-order valence-corrected chi connectivity index (χ0v) is 22.1. The highest BCUT2D eigenvalue weighted by atomic mass is 16.6. The van der Waals surface area contributed by atoms with Crippen molar-refractivity contribution in [1.82, 2.24) is 0 Å². The fourth-order valence-corrected chi connectivity index (χ4v) is 6.85. The number of aliphatic hydroxyl groups is 1. The Bertz CT molecular complexity index is 1050. The van der Waals surface area contributed by atoms with Gasteiger partial charge in [0.2, 0.25) is 0 Å². The normalized spacial score (nSPS) is 46.2. The average Bonchev–Trinajstić information content (AvgIpc) is 3.61. The van der Waals surface area contributed by atoms with E-state index in [0.29, 0.717) is 26.1 Å². The molecule has 8 unspecified atom stereocenters. The molecule has 2 spiro atoms. The van der Waals surface area contributed by atoms with E-state index in [2.05, 4.69) is 19.9 Å². The minimum absolute atomic E-state index is 0.144. The Hall–Kier alpha value is -2.26. The molecule has 1 N–H and O–H groups in total. The fraction of sp³-hybridized carbons (Fsp3) is 0.655. The van der Waals surface area contributed by atoms with Crippen molar-refractivity contribution in [3.63, 3.8) is 0 Å². The third kappa shape index (κ3) is 4.42. The zero-order chi connectivity index (χ0) is 26.4. The predicted octanol–water partition coefficient (Wildman–Crippen LogP) is 3.34. The van der Waals surface area contributed by atoms with Crippen LogP contribution in [0.25, 0.3) is 0 Å². The number of esters is 2. The van der Waals surface area contributed by atoms with Gasteiger partial charge >= 0.3 is 11.9 Å². The first-order chi connectivity index (χ1) is 17.6. The molecule has 2 saturated heterocycles. The average molecular weight is 515 g/mol. The summed E-state index contributed by atoms with van der Waals surface area (Å²) in [5.74, 6) is -0.879. The van der Waals surface area contributed by atoms with E-state index in [1.165, 1.54) is 17.7 Å². The number of aliphatic hydroxyl groups excluding tert-OH is 1. The number of hydrogen-bond donors (Lipinski definition) is 1. The van der Waals surface area contributed by atoms with Gasteiger partial charge in [-0.2, -0.15) is 0 Å². The van der Waals surface area contributed by atoms with Crippen LogP contribution in [-0.4, -0.2) is 73.0 Å². The monoisotopic (exact) mass is 514 g/mol. The molecule has 0 amide bonds. The molecule has 3 heterocycles. The second-order valence-electron chi connectivity index (χ2n) is 11.4. The molecule has 0 radical (unpaired) electrons. The number of hydrogen-bond acceptors (Lipinski definition) is 8. The minimum atomic E-state index is -0.735. The van der Waals surface area contributed by atoms with Gasteiger partial charge < -0.3 is 28.8 Å².